The Morgan fingerprint density at radius 1 is 0.857 bits per heavy atom. The second-order valence-electron chi connectivity index (χ2n) is 4.28. The van der Waals surface area contributed by atoms with E-state index in [0.29, 0.717) is 23.3 Å². The Kier molecular flexibility index (Phi) is 2.29. The monoisotopic (exact) mass is 272 g/mol. The SMILES string of the molecule is O=S1C[C@H]2[C@@H]3CS(=O)[C@@H](Cl)[C@@H]3[C@H]2[C@@H]1Cl. The zero-order valence-corrected chi connectivity index (χ0v) is 10.4. The largest absolute Gasteiger partial charge is 0.258 e. The van der Waals surface area contributed by atoms with Gasteiger partial charge in [0.15, 0.2) is 0 Å². The molecule has 2 unspecified atom stereocenters. The van der Waals surface area contributed by atoms with E-state index in [-0.39, 0.29) is 21.3 Å². The molecule has 3 aliphatic rings. The van der Waals surface area contributed by atoms with Gasteiger partial charge in [-0.2, -0.15) is 0 Å². The first-order valence-electron chi connectivity index (χ1n) is 4.64. The maximum absolute atomic E-state index is 11.5. The van der Waals surface area contributed by atoms with Crippen molar-refractivity contribution in [2.75, 3.05) is 11.5 Å². The van der Waals surface area contributed by atoms with Crippen LogP contribution in [-0.4, -0.2) is 29.3 Å². The molecule has 2 heterocycles. The Balaban J connectivity index is 1.90. The molecular weight excluding hydrogens is 263 g/mol. The van der Waals surface area contributed by atoms with Gasteiger partial charge in [0.1, 0.15) is 9.42 Å². The molecule has 0 aromatic carbocycles. The molecule has 0 bridgehead atoms. The lowest BCUT2D eigenvalue weighted by Gasteiger charge is -2.45. The van der Waals surface area contributed by atoms with Gasteiger partial charge in [-0.05, 0) is 23.7 Å². The van der Waals surface area contributed by atoms with Crippen LogP contribution >= 0.6 is 23.2 Å². The minimum absolute atomic E-state index is 0.252. The van der Waals surface area contributed by atoms with Crippen molar-refractivity contribution in [3.8, 4) is 0 Å². The fourth-order valence-electron chi connectivity index (χ4n) is 3.12. The highest BCUT2D eigenvalue weighted by atomic mass is 35.5. The van der Waals surface area contributed by atoms with Gasteiger partial charge in [0, 0.05) is 33.1 Å². The summed E-state index contributed by atoms with van der Waals surface area (Å²) in [5, 5.41) is 0. The van der Waals surface area contributed by atoms with Gasteiger partial charge in [-0.3, -0.25) is 8.42 Å². The molecule has 3 fully saturated rings. The van der Waals surface area contributed by atoms with Gasteiger partial charge in [-0.25, -0.2) is 0 Å². The van der Waals surface area contributed by atoms with Crippen LogP contribution in [0.25, 0.3) is 0 Å². The van der Waals surface area contributed by atoms with Crippen LogP contribution in [0.15, 0.2) is 0 Å². The van der Waals surface area contributed by atoms with Crippen LogP contribution in [-0.2, 0) is 21.6 Å². The maximum atomic E-state index is 11.5. The lowest BCUT2D eigenvalue weighted by molar-refractivity contribution is 0.0501. The quantitative estimate of drug-likeness (QED) is 0.620. The van der Waals surface area contributed by atoms with E-state index in [2.05, 4.69) is 0 Å². The smallest absolute Gasteiger partial charge is 0.112 e. The molecule has 1 aliphatic carbocycles. The number of rotatable bonds is 0. The van der Waals surface area contributed by atoms with Crippen LogP contribution in [0.3, 0.4) is 0 Å². The molecule has 2 nitrogen and oxygen atoms in total. The van der Waals surface area contributed by atoms with Gasteiger partial charge >= 0.3 is 0 Å². The summed E-state index contributed by atoms with van der Waals surface area (Å²) in [4.78, 5) is 0. The van der Waals surface area contributed by atoms with E-state index < -0.39 is 21.6 Å². The number of fused-ring (bicyclic) bond motifs is 4. The third-order valence-corrected chi connectivity index (χ3v) is 8.64. The average molecular weight is 273 g/mol. The Labute approximate surface area is 97.6 Å². The molecule has 0 amide bonds. The predicted octanol–water partition coefficient (Wildman–Crippen LogP) is 1.12. The van der Waals surface area contributed by atoms with Crippen LogP contribution in [0.4, 0.5) is 0 Å². The molecule has 6 heteroatoms. The lowest BCUT2D eigenvalue weighted by Crippen LogP contribution is -2.48. The van der Waals surface area contributed by atoms with Crippen molar-refractivity contribution in [2.45, 2.75) is 9.42 Å². The van der Waals surface area contributed by atoms with E-state index in [4.69, 9.17) is 23.2 Å². The minimum atomic E-state index is -0.893. The summed E-state index contributed by atoms with van der Waals surface area (Å²) in [6.07, 6.45) is 0. The summed E-state index contributed by atoms with van der Waals surface area (Å²) >= 11 is 12.2. The Morgan fingerprint density at radius 2 is 1.21 bits per heavy atom. The molecule has 14 heavy (non-hydrogen) atoms. The van der Waals surface area contributed by atoms with Crippen molar-refractivity contribution in [1.82, 2.24) is 0 Å². The molecule has 2 aliphatic heterocycles. The number of hydrogen-bond acceptors (Lipinski definition) is 2. The lowest BCUT2D eigenvalue weighted by atomic mass is 9.60. The average Bonchev–Trinajstić information content (AvgIpc) is 2.51. The highest BCUT2D eigenvalue weighted by Crippen LogP contribution is 2.60. The van der Waals surface area contributed by atoms with Gasteiger partial charge < -0.3 is 0 Å². The number of alkyl halides is 2. The second-order valence-corrected chi connectivity index (χ2v) is 8.94. The van der Waals surface area contributed by atoms with Gasteiger partial charge in [-0.15, -0.1) is 23.2 Å². The van der Waals surface area contributed by atoms with Crippen LogP contribution in [0.2, 0.25) is 0 Å². The summed E-state index contributed by atoms with van der Waals surface area (Å²) in [6.45, 7) is 0. The van der Waals surface area contributed by atoms with Crippen LogP contribution in [0.1, 0.15) is 0 Å². The van der Waals surface area contributed by atoms with Crippen molar-refractivity contribution >= 4 is 44.8 Å². The van der Waals surface area contributed by atoms with Crippen molar-refractivity contribution in [1.29, 1.82) is 0 Å². The molecule has 8 atom stereocenters. The molecule has 0 N–H and O–H groups in total. The summed E-state index contributed by atoms with van der Waals surface area (Å²) in [6, 6.07) is 0. The Hall–Kier alpha value is 0.880. The van der Waals surface area contributed by atoms with E-state index in [0.717, 1.165) is 0 Å². The Morgan fingerprint density at radius 3 is 1.57 bits per heavy atom. The van der Waals surface area contributed by atoms with E-state index in [1.54, 1.807) is 0 Å². The van der Waals surface area contributed by atoms with E-state index >= 15 is 0 Å². The standard InChI is InChI=1S/C8H10Cl2O2S2/c9-7-5-3(1-13(7)11)4-2-14(12)8(10)6(4)5/h3-8H,1-2H2/t3-,4-,5-,6-,7+,8+,13?,14?/m0/s1. The first-order valence-corrected chi connectivity index (χ1v) is 8.27. The minimum Gasteiger partial charge on any atom is -0.258 e. The molecule has 2 saturated heterocycles. The summed E-state index contributed by atoms with van der Waals surface area (Å²) in [5.41, 5.74) is 0. The maximum Gasteiger partial charge on any atom is 0.112 e. The highest BCUT2D eigenvalue weighted by Gasteiger charge is 2.65. The fraction of sp³-hybridized carbons (Fsp3) is 1.00. The molecule has 0 spiro atoms. The topological polar surface area (TPSA) is 34.1 Å². The molecule has 1 saturated carbocycles. The number of halogens is 2. The van der Waals surface area contributed by atoms with Gasteiger partial charge in [0.05, 0.1) is 0 Å². The van der Waals surface area contributed by atoms with Crippen molar-refractivity contribution in [2.24, 2.45) is 23.7 Å². The fourth-order valence-corrected chi connectivity index (χ4v) is 7.80. The second kappa shape index (κ2) is 3.19. The van der Waals surface area contributed by atoms with Crippen molar-refractivity contribution in [3.05, 3.63) is 0 Å². The van der Waals surface area contributed by atoms with Gasteiger partial charge in [-0.1, -0.05) is 0 Å². The van der Waals surface area contributed by atoms with Gasteiger partial charge in [0.2, 0.25) is 0 Å². The van der Waals surface area contributed by atoms with E-state index in [1.807, 2.05) is 0 Å². The van der Waals surface area contributed by atoms with Crippen LogP contribution < -0.4 is 0 Å². The molecule has 0 radical (unpaired) electrons. The van der Waals surface area contributed by atoms with Gasteiger partial charge in [0.25, 0.3) is 0 Å². The van der Waals surface area contributed by atoms with Crippen molar-refractivity contribution < 1.29 is 8.42 Å². The molecule has 0 aromatic rings. The summed E-state index contributed by atoms with van der Waals surface area (Å²) in [7, 11) is -1.79. The summed E-state index contributed by atoms with van der Waals surface area (Å²) in [5.74, 6) is 2.77. The molecular formula is C8H10Cl2O2S2. The molecule has 80 valence electrons. The zero-order valence-electron chi connectivity index (χ0n) is 7.27. The first kappa shape index (κ1) is 10.1. The predicted molar refractivity (Wildman–Crippen MR) is 59.3 cm³/mol. The number of hydrogen-bond donors (Lipinski definition) is 0. The normalized spacial score (nSPS) is 65.9. The first-order chi connectivity index (χ1) is 6.61. The third-order valence-electron chi connectivity index (χ3n) is 3.80. The summed E-state index contributed by atoms with van der Waals surface area (Å²) < 4.78 is 22.5. The van der Waals surface area contributed by atoms with Crippen LogP contribution in [0.5, 0.6) is 0 Å². The third kappa shape index (κ3) is 1.09. The Bertz CT molecular complexity index is 303. The van der Waals surface area contributed by atoms with E-state index in [9.17, 15) is 8.42 Å². The van der Waals surface area contributed by atoms with Crippen molar-refractivity contribution in [3.63, 3.8) is 0 Å². The molecule has 0 aromatic heterocycles. The zero-order chi connectivity index (χ0) is 10.0. The highest BCUT2D eigenvalue weighted by molar-refractivity contribution is 7.88. The van der Waals surface area contributed by atoms with Crippen LogP contribution in [0, 0.1) is 23.7 Å². The van der Waals surface area contributed by atoms with E-state index in [1.165, 1.54) is 0 Å². The molecule has 3 rings (SSSR count).